The number of aliphatic hydroxyl groups excluding tert-OH is 1. The summed E-state index contributed by atoms with van der Waals surface area (Å²) in [6.45, 7) is 1.70. The van der Waals surface area contributed by atoms with Gasteiger partial charge >= 0.3 is 0 Å². The van der Waals surface area contributed by atoms with E-state index in [1.165, 1.54) is 51.5 Å². The molecule has 1 heterocycles. The molecule has 1 fully saturated rings. The van der Waals surface area contributed by atoms with Crippen molar-refractivity contribution in [3.05, 3.63) is 0 Å². The molecule has 0 saturated carbocycles. The van der Waals surface area contributed by atoms with E-state index in [0.717, 1.165) is 12.5 Å². The lowest BCUT2D eigenvalue weighted by Gasteiger charge is -2.00. The van der Waals surface area contributed by atoms with E-state index in [4.69, 9.17) is 5.11 Å². The van der Waals surface area contributed by atoms with E-state index in [2.05, 4.69) is 11.9 Å². The molecule has 14 heavy (non-hydrogen) atoms. The fraction of sp³-hybridized carbons (Fsp3) is 1.00. The maximum atomic E-state index is 8.60. The minimum absolute atomic E-state index is 0.369. The summed E-state index contributed by atoms with van der Waals surface area (Å²) in [5.41, 5.74) is 0. The third kappa shape index (κ3) is 5.61. The lowest BCUT2D eigenvalue weighted by atomic mass is 10.1. The van der Waals surface area contributed by atoms with Gasteiger partial charge in [-0.1, -0.05) is 38.5 Å². The van der Waals surface area contributed by atoms with E-state index < -0.39 is 0 Å². The predicted molar refractivity (Wildman–Crippen MR) is 60.4 cm³/mol. The standard InChI is InChI=1S/C12H25NO/c1-13-11-12(13)9-7-5-3-2-4-6-8-10-14/h12,14H,2-11H2,1H3. The molecule has 84 valence electrons. The predicted octanol–water partition coefficient (Wildman–Crippen LogP) is 2.41. The molecule has 2 atom stereocenters. The lowest BCUT2D eigenvalue weighted by Crippen LogP contribution is -1.93. The van der Waals surface area contributed by atoms with Crippen LogP contribution in [0.15, 0.2) is 0 Å². The summed E-state index contributed by atoms with van der Waals surface area (Å²) < 4.78 is 0. The molecule has 1 rings (SSSR count). The highest BCUT2D eigenvalue weighted by atomic mass is 16.2. The number of unbranched alkanes of at least 4 members (excludes halogenated alkanes) is 6. The molecule has 1 saturated heterocycles. The molecule has 0 spiro atoms. The monoisotopic (exact) mass is 199 g/mol. The Morgan fingerprint density at radius 3 is 2.00 bits per heavy atom. The van der Waals surface area contributed by atoms with Crippen LogP contribution in [-0.2, 0) is 0 Å². The number of hydrogen-bond donors (Lipinski definition) is 1. The van der Waals surface area contributed by atoms with Crippen LogP contribution in [0.5, 0.6) is 0 Å². The zero-order chi connectivity index (χ0) is 10.2. The zero-order valence-electron chi connectivity index (χ0n) is 9.54. The Labute approximate surface area is 88.3 Å². The molecule has 2 nitrogen and oxygen atoms in total. The second-order valence-corrected chi connectivity index (χ2v) is 4.58. The van der Waals surface area contributed by atoms with E-state index in [1.807, 2.05) is 0 Å². The van der Waals surface area contributed by atoms with Gasteiger partial charge in [0.05, 0.1) is 0 Å². The molecule has 1 aliphatic rings. The molecule has 0 aliphatic carbocycles. The maximum absolute atomic E-state index is 8.60. The minimum atomic E-state index is 0.369. The fourth-order valence-electron chi connectivity index (χ4n) is 1.97. The molecule has 2 heteroatoms. The number of nitrogens with zero attached hydrogens (tertiary/aromatic N) is 1. The van der Waals surface area contributed by atoms with Crippen molar-refractivity contribution < 1.29 is 5.11 Å². The van der Waals surface area contributed by atoms with Crippen molar-refractivity contribution in [2.24, 2.45) is 0 Å². The van der Waals surface area contributed by atoms with E-state index in [0.29, 0.717) is 6.61 Å². The first-order valence-corrected chi connectivity index (χ1v) is 6.15. The van der Waals surface area contributed by atoms with E-state index >= 15 is 0 Å². The van der Waals surface area contributed by atoms with E-state index in [1.54, 1.807) is 0 Å². The lowest BCUT2D eigenvalue weighted by molar-refractivity contribution is 0.282. The Morgan fingerprint density at radius 1 is 1.00 bits per heavy atom. The summed E-state index contributed by atoms with van der Waals surface area (Å²) in [6.07, 6.45) is 10.5. The molecule has 1 aliphatic heterocycles. The average Bonchev–Trinajstić information content (AvgIpc) is 2.87. The van der Waals surface area contributed by atoms with Crippen LogP contribution in [0.4, 0.5) is 0 Å². The summed E-state index contributed by atoms with van der Waals surface area (Å²) in [5, 5.41) is 8.60. The van der Waals surface area contributed by atoms with Gasteiger partial charge in [0.15, 0.2) is 0 Å². The Kier molecular flexibility index (Phi) is 6.20. The van der Waals surface area contributed by atoms with Gasteiger partial charge in [-0.25, -0.2) is 0 Å². The van der Waals surface area contributed by atoms with Crippen LogP contribution in [-0.4, -0.2) is 36.2 Å². The summed E-state index contributed by atoms with van der Waals surface area (Å²) in [7, 11) is 2.21. The molecule has 0 aromatic heterocycles. The molecular weight excluding hydrogens is 174 g/mol. The van der Waals surface area contributed by atoms with E-state index in [-0.39, 0.29) is 0 Å². The van der Waals surface area contributed by atoms with Crippen LogP contribution in [0.3, 0.4) is 0 Å². The van der Waals surface area contributed by atoms with Crippen LogP contribution in [0.1, 0.15) is 51.4 Å². The summed E-state index contributed by atoms with van der Waals surface area (Å²) in [5.74, 6) is 0. The quantitative estimate of drug-likeness (QED) is 0.455. The average molecular weight is 199 g/mol. The summed E-state index contributed by atoms with van der Waals surface area (Å²) in [6, 6.07) is 0.921. The summed E-state index contributed by atoms with van der Waals surface area (Å²) in [4.78, 5) is 2.42. The Hall–Kier alpha value is -0.0800. The summed E-state index contributed by atoms with van der Waals surface area (Å²) >= 11 is 0. The molecule has 1 N–H and O–H groups in total. The Bertz CT molecular complexity index is 138. The van der Waals surface area contributed by atoms with Crippen molar-refractivity contribution in [1.29, 1.82) is 0 Å². The van der Waals surface area contributed by atoms with E-state index in [9.17, 15) is 0 Å². The first kappa shape index (κ1) is 12.0. The molecule has 0 aromatic rings. The zero-order valence-corrected chi connectivity index (χ0v) is 9.54. The number of rotatable bonds is 9. The highest BCUT2D eigenvalue weighted by Crippen LogP contribution is 2.20. The second kappa shape index (κ2) is 7.24. The number of aliphatic hydroxyl groups is 1. The van der Waals surface area contributed by atoms with Crippen molar-refractivity contribution in [1.82, 2.24) is 4.90 Å². The van der Waals surface area contributed by atoms with Crippen molar-refractivity contribution in [3.63, 3.8) is 0 Å². The van der Waals surface area contributed by atoms with Gasteiger partial charge in [-0.2, -0.15) is 0 Å². The van der Waals surface area contributed by atoms with Crippen molar-refractivity contribution in [2.75, 3.05) is 20.2 Å². The molecule has 0 amide bonds. The van der Waals surface area contributed by atoms with Gasteiger partial charge in [-0.3, -0.25) is 0 Å². The Balaban J connectivity index is 1.68. The highest BCUT2D eigenvalue weighted by molar-refractivity contribution is 4.84. The SMILES string of the molecule is CN1CC1CCCCCCCCCO. The fourth-order valence-corrected chi connectivity index (χ4v) is 1.97. The first-order valence-electron chi connectivity index (χ1n) is 6.15. The van der Waals surface area contributed by atoms with Crippen molar-refractivity contribution in [2.45, 2.75) is 57.4 Å². The van der Waals surface area contributed by atoms with Crippen molar-refractivity contribution in [3.8, 4) is 0 Å². The number of hydrogen-bond acceptors (Lipinski definition) is 2. The molecule has 0 aromatic carbocycles. The van der Waals surface area contributed by atoms with Gasteiger partial charge in [0.25, 0.3) is 0 Å². The van der Waals surface area contributed by atoms with Gasteiger partial charge in [0.2, 0.25) is 0 Å². The first-order chi connectivity index (χ1) is 6.84. The van der Waals surface area contributed by atoms with Crippen LogP contribution < -0.4 is 0 Å². The van der Waals surface area contributed by atoms with Crippen molar-refractivity contribution >= 4 is 0 Å². The van der Waals surface area contributed by atoms with Gasteiger partial charge in [0, 0.05) is 19.2 Å². The van der Waals surface area contributed by atoms with Gasteiger partial charge in [0.1, 0.15) is 0 Å². The van der Waals surface area contributed by atoms with Gasteiger partial charge in [-0.15, -0.1) is 0 Å². The molecule has 0 bridgehead atoms. The normalized spacial score (nSPS) is 25.3. The van der Waals surface area contributed by atoms with Crippen LogP contribution in [0.25, 0.3) is 0 Å². The third-order valence-corrected chi connectivity index (χ3v) is 3.18. The van der Waals surface area contributed by atoms with Gasteiger partial charge < -0.3 is 10.0 Å². The second-order valence-electron chi connectivity index (χ2n) is 4.58. The largest absolute Gasteiger partial charge is 0.396 e. The van der Waals surface area contributed by atoms with Crippen LogP contribution in [0, 0.1) is 0 Å². The highest BCUT2D eigenvalue weighted by Gasteiger charge is 2.27. The molecular formula is C12H25NO. The van der Waals surface area contributed by atoms with Crippen LogP contribution in [0.2, 0.25) is 0 Å². The Morgan fingerprint density at radius 2 is 1.50 bits per heavy atom. The topological polar surface area (TPSA) is 23.2 Å². The maximum Gasteiger partial charge on any atom is 0.0431 e. The van der Waals surface area contributed by atoms with Crippen LogP contribution >= 0.6 is 0 Å². The smallest absolute Gasteiger partial charge is 0.0431 e. The third-order valence-electron chi connectivity index (χ3n) is 3.18. The number of likely N-dealkylation sites (N-methyl/N-ethyl adjacent to an activating group) is 1. The molecule has 2 unspecified atom stereocenters. The minimum Gasteiger partial charge on any atom is -0.396 e. The van der Waals surface area contributed by atoms with Gasteiger partial charge in [-0.05, 0) is 19.9 Å². The molecule has 0 radical (unpaired) electrons.